The Morgan fingerprint density at radius 3 is 2.94 bits per heavy atom. The van der Waals surface area contributed by atoms with Crippen LogP contribution in [0.1, 0.15) is 4.79 Å². The molecule has 2 heterocycles. The van der Waals surface area contributed by atoms with Crippen molar-refractivity contribution in [1.29, 1.82) is 0 Å². The molecule has 5 heteroatoms. The van der Waals surface area contributed by atoms with Gasteiger partial charge in [0.25, 0.3) is 0 Å². The van der Waals surface area contributed by atoms with Crippen molar-refractivity contribution in [2.45, 2.75) is 10.4 Å². The minimum absolute atomic E-state index is 0.0305. The van der Waals surface area contributed by atoms with Crippen LogP contribution in [0, 0.1) is 0 Å². The SMILES string of the molecule is CN(C)CC1Sc2nc3ccccc3n2C1=O. The quantitative estimate of drug-likeness (QED) is 0.810. The average molecular weight is 247 g/mol. The summed E-state index contributed by atoms with van der Waals surface area (Å²) in [6.07, 6.45) is 0. The molecule has 1 aromatic heterocycles. The molecule has 1 aliphatic rings. The summed E-state index contributed by atoms with van der Waals surface area (Å²) in [7, 11) is 3.96. The lowest BCUT2D eigenvalue weighted by Gasteiger charge is -2.13. The fraction of sp³-hybridized carbons (Fsp3) is 0.333. The number of carbonyl (C=O) groups is 1. The Morgan fingerprint density at radius 2 is 2.18 bits per heavy atom. The number of aromatic nitrogens is 2. The molecule has 88 valence electrons. The van der Waals surface area contributed by atoms with Crippen LogP contribution in [0.15, 0.2) is 29.4 Å². The van der Waals surface area contributed by atoms with Crippen LogP contribution in [-0.2, 0) is 0 Å². The van der Waals surface area contributed by atoms with Crippen molar-refractivity contribution in [3.63, 3.8) is 0 Å². The largest absolute Gasteiger partial charge is 0.308 e. The number of para-hydroxylation sites is 2. The minimum atomic E-state index is -0.0305. The Balaban J connectivity index is 2.04. The van der Waals surface area contributed by atoms with E-state index < -0.39 is 0 Å². The highest BCUT2D eigenvalue weighted by Gasteiger charge is 2.34. The van der Waals surface area contributed by atoms with Gasteiger partial charge in [0.1, 0.15) is 5.25 Å². The number of hydrogen-bond acceptors (Lipinski definition) is 4. The molecule has 0 fully saturated rings. The second-order valence-corrected chi connectivity index (χ2v) is 5.60. The summed E-state index contributed by atoms with van der Waals surface area (Å²) in [5, 5.41) is 0.792. The molecule has 0 saturated heterocycles. The highest BCUT2D eigenvalue weighted by atomic mass is 32.2. The van der Waals surface area contributed by atoms with E-state index in [0.717, 1.165) is 22.7 Å². The second kappa shape index (κ2) is 3.85. The van der Waals surface area contributed by atoms with Gasteiger partial charge in [0, 0.05) is 6.54 Å². The van der Waals surface area contributed by atoms with Crippen LogP contribution in [0.2, 0.25) is 0 Å². The lowest BCUT2D eigenvalue weighted by molar-refractivity contribution is 0.0905. The molecule has 0 bridgehead atoms. The molecule has 17 heavy (non-hydrogen) atoms. The second-order valence-electron chi connectivity index (χ2n) is 4.43. The topological polar surface area (TPSA) is 38.1 Å². The smallest absolute Gasteiger partial charge is 0.248 e. The number of carbonyl (C=O) groups excluding carboxylic acids is 1. The third-order valence-electron chi connectivity index (χ3n) is 2.80. The summed E-state index contributed by atoms with van der Waals surface area (Å²) >= 11 is 1.56. The van der Waals surface area contributed by atoms with Crippen LogP contribution in [0.3, 0.4) is 0 Å². The first-order chi connectivity index (χ1) is 8.16. The predicted octanol–water partition coefficient (Wildman–Crippen LogP) is 1.71. The first-order valence-corrected chi connectivity index (χ1v) is 6.38. The van der Waals surface area contributed by atoms with E-state index in [4.69, 9.17) is 0 Å². The first-order valence-electron chi connectivity index (χ1n) is 5.50. The summed E-state index contributed by atoms with van der Waals surface area (Å²) in [5.41, 5.74) is 1.81. The Labute approximate surface area is 104 Å². The fourth-order valence-electron chi connectivity index (χ4n) is 2.06. The summed E-state index contributed by atoms with van der Waals surface area (Å²) < 4.78 is 1.74. The Hall–Kier alpha value is -1.33. The maximum Gasteiger partial charge on any atom is 0.248 e. The molecule has 1 aromatic carbocycles. The van der Waals surface area contributed by atoms with Gasteiger partial charge in [-0.3, -0.25) is 9.36 Å². The summed E-state index contributed by atoms with van der Waals surface area (Å²) in [6.45, 7) is 0.751. The van der Waals surface area contributed by atoms with Crippen molar-refractivity contribution in [2.24, 2.45) is 0 Å². The highest BCUT2D eigenvalue weighted by molar-refractivity contribution is 8.01. The number of nitrogens with zero attached hydrogens (tertiary/aromatic N) is 3. The molecule has 4 nitrogen and oxygen atoms in total. The Kier molecular flexibility index (Phi) is 2.45. The van der Waals surface area contributed by atoms with Crippen molar-refractivity contribution in [3.8, 4) is 0 Å². The van der Waals surface area contributed by atoms with Gasteiger partial charge in [0.05, 0.1) is 11.0 Å². The van der Waals surface area contributed by atoms with Crippen LogP contribution >= 0.6 is 11.8 Å². The zero-order valence-electron chi connectivity index (χ0n) is 9.75. The average Bonchev–Trinajstić information content (AvgIpc) is 2.76. The molecule has 0 N–H and O–H groups in total. The Bertz CT molecular complexity index is 590. The molecule has 1 unspecified atom stereocenters. The molecule has 2 aromatic rings. The zero-order chi connectivity index (χ0) is 12.0. The van der Waals surface area contributed by atoms with Crippen molar-refractivity contribution in [2.75, 3.05) is 20.6 Å². The van der Waals surface area contributed by atoms with E-state index in [0.29, 0.717) is 0 Å². The molecule has 0 saturated carbocycles. The van der Waals surface area contributed by atoms with E-state index in [1.165, 1.54) is 0 Å². The van der Waals surface area contributed by atoms with Gasteiger partial charge in [0.2, 0.25) is 5.91 Å². The van der Waals surface area contributed by atoms with Crippen LogP contribution in [-0.4, -0.2) is 46.2 Å². The molecule has 0 amide bonds. The molecule has 1 aliphatic heterocycles. The van der Waals surface area contributed by atoms with Crippen LogP contribution in [0.25, 0.3) is 11.0 Å². The minimum Gasteiger partial charge on any atom is -0.308 e. The standard InChI is InChI=1S/C12H13N3OS/c1-14(2)7-10-11(16)15-9-6-4-3-5-8(9)13-12(15)17-10/h3-6,10H,7H2,1-2H3. The number of rotatable bonds is 2. The van der Waals surface area contributed by atoms with Gasteiger partial charge in [-0.1, -0.05) is 23.9 Å². The molecule has 1 atom stereocenters. The number of hydrogen-bond donors (Lipinski definition) is 0. The third kappa shape index (κ3) is 1.66. The monoisotopic (exact) mass is 247 g/mol. The Morgan fingerprint density at radius 1 is 1.41 bits per heavy atom. The van der Waals surface area contributed by atoms with Crippen molar-refractivity contribution < 1.29 is 4.79 Å². The third-order valence-corrected chi connectivity index (χ3v) is 3.92. The van der Waals surface area contributed by atoms with Crippen molar-refractivity contribution in [1.82, 2.24) is 14.5 Å². The highest BCUT2D eigenvalue weighted by Crippen LogP contribution is 2.34. The van der Waals surface area contributed by atoms with E-state index in [1.807, 2.05) is 43.3 Å². The van der Waals surface area contributed by atoms with Crippen LogP contribution < -0.4 is 0 Å². The summed E-state index contributed by atoms with van der Waals surface area (Å²) in [6, 6.07) is 7.77. The fourth-order valence-corrected chi connectivity index (χ4v) is 3.34. The number of fused-ring (bicyclic) bond motifs is 3. The van der Waals surface area contributed by atoms with Gasteiger partial charge in [-0.2, -0.15) is 0 Å². The summed E-state index contributed by atoms with van der Waals surface area (Å²) in [4.78, 5) is 18.8. The van der Waals surface area contributed by atoms with Gasteiger partial charge < -0.3 is 4.90 Å². The van der Waals surface area contributed by atoms with Crippen LogP contribution in [0.4, 0.5) is 0 Å². The summed E-state index contributed by atoms with van der Waals surface area (Å²) in [5.74, 6) is 0.146. The molecule has 0 radical (unpaired) electrons. The first kappa shape index (κ1) is 10.8. The van der Waals surface area contributed by atoms with E-state index in [2.05, 4.69) is 4.98 Å². The number of imidazole rings is 1. The predicted molar refractivity (Wildman–Crippen MR) is 68.6 cm³/mol. The molecular weight excluding hydrogens is 234 g/mol. The molecule has 3 rings (SSSR count). The number of thioether (sulfide) groups is 1. The normalized spacial score (nSPS) is 19.2. The lowest BCUT2D eigenvalue weighted by atomic mass is 10.3. The van der Waals surface area contributed by atoms with Gasteiger partial charge in [-0.25, -0.2) is 4.98 Å². The van der Waals surface area contributed by atoms with Crippen LogP contribution in [0.5, 0.6) is 0 Å². The maximum atomic E-state index is 12.3. The molecule has 0 spiro atoms. The lowest BCUT2D eigenvalue weighted by Crippen LogP contribution is -2.29. The van der Waals surface area contributed by atoms with Gasteiger partial charge in [-0.05, 0) is 26.2 Å². The maximum absolute atomic E-state index is 12.3. The van der Waals surface area contributed by atoms with Crippen molar-refractivity contribution >= 4 is 28.7 Å². The number of benzene rings is 1. The zero-order valence-corrected chi connectivity index (χ0v) is 10.6. The van der Waals surface area contributed by atoms with Gasteiger partial charge >= 0.3 is 0 Å². The van der Waals surface area contributed by atoms with E-state index in [-0.39, 0.29) is 11.2 Å². The molecule has 0 aliphatic carbocycles. The van der Waals surface area contributed by atoms with E-state index in [9.17, 15) is 4.79 Å². The van der Waals surface area contributed by atoms with E-state index in [1.54, 1.807) is 16.3 Å². The van der Waals surface area contributed by atoms with Crippen molar-refractivity contribution in [3.05, 3.63) is 24.3 Å². The van der Waals surface area contributed by atoms with Gasteiger partial charge in [-0.15, -0.1) is 0 Å². The molecular formula is C12H13N3OS. The van der Waals surface area contributed by atoms with Gasteiger partial charge in [0.15, 0.2) is 5.16 Å². The van der Waals surface area contributed by atoms with E-state index >= 15 is 0 Å².